The van der Waals surface area contributed by atoms with Crippen LogP contribution in [0.5, 0.6) is 5.75 Å². The molecule has 8 nitrogen and oxygen atoms in total. The zero-order chi connectivity index (χ0) is 32.1. The number of benzene rings is 3. The Hall–Kier alpha value is -4.21. The molecule has 236 valence electrons. The Morgan fingerprint density at radius 2 is 1.87 bits per heavy atom. The zero-order valence-corrected chi connectivity index (χ0v) is 26.5. The maximum absolute atomic E-state index is 14.0. The monoisotopic (exact) mass is 632 g/mol. The van der Waals surface area contributed by atoms with E-state index in [0.717, 1.165) is 61.5 Å². The molecule has 5 rings (SSSR count). The molecule has 10 heteroatoms. The van der Waals surface area contributed by atoms with Crippen LogP contribution in [0, 0.1) is 11.2 Å². The minimum atomic E-state index is -0.598. The lowest BCUT2D eigenvalue weighted by Gasteiger charge is -2.27. The van der Waals surface area contributed by atoms with Crippen molar-refractivity contribution in [2.24, 2.45) is 5.41 Å². The van der Waals surface area contributed by atoms with Gasteiger partial charge in [-0.1, -0.05) is 35.4 Å². The zero-order valence-electron chi connectivity index (χ0n) is 25.8. The quantitative estimate of drug-likeness (QED) is 0.293. The number of carbonyl (C=O) groups is 3. The average molecular weight is 633 g/mol. The number of methoxy groups -OCH3 is 1. The van der Waals surface area contributed by atoms with E-state index in [0.29, 0.717) is 24.3 Å². The van der Waals surface area contributed by atoms with Gasteiger partial charge in [-0.25, -0.2) is 4.39 Å². The number of para-hydroxylation sites is 1. The van der Waals surface area contributed by atoms with Crippen molar-refractivity contribution in [1.82, 2.24) is 10.2 Å². The van der Waals surface area contributed by atoms with Crippen molar-refractivity contribution in [2.75, 3.05) is 51.1 Å². The van der Waals surface area contributed by atoms with Gasteiger partial charge in [0.1, 0.15) is 11.6 Å². The van der Waals surface area contributed by atoms with Gasteiger partial charge in [-0.05, 0) is 99.6 Å². The van der Waals surface area contributed by atoms with Crippen molar-refractivity contribution in [3.8, 4) is 5.75 Å². The predicted molar refractivity (Wildman–Crippen MR) is 175 cm³/mol. The molecule has 1 heterocycles. The summed E-state index contributed by atoms with van der Waals surface area (Å²) in [5, 5.41) is 5.80. The molecule has 0 bridgehead atoms. The molecule has 3 aromatic carbocycles. The second-order valence-electron chi connectivity index (χ2n) is 12.1. The Kier molecular flexibility index (Phi) is 9.90. The van der Waals surface area contributed by atoms with Crippen LogP contribution in [-0.2, 0) is 11.2 Å². The van der Waals surface area contributed by atoms with E-state index in [1.165, 1.54) is 19.2 Å². The number of fused-ring (bicyclic) bond motifs is 1. The summed E-state index contributed by atoms with van der Waals surface area (Å²) in [4.78, 5) is 43.3. The van der Waals surface area contributed by atoms with Gasteiger partial charge in [-0.2, -0.15) is 0 Å². The summed E-state index contributed by atoms with van der Waals surface area (Å²) in [6, 6.07) is 16.4. The van der Waals surface area contributed by atoms with Crippen LogP contribution in [0.1, 0.15) is 52.0 Å². The Balaban J connectivity index is 1.33. The molecule has 3 aromatic rings. The number of nitrogens with one attached hydrogen (secondary N) is 2. The topological polar surface area (TPSA) is 91.0 Å². The highest BCUT2D eigenvalue weighted by Crippen LogP contribution is 2.49. The van der Waals surface area contributed by atoms with Crippen LogP contribution in [0.4, 0.5) is 15.8 Å². The minimum Gasteiger partial charge on any atom is -0.495 e. The summed E-state index contributed by atoms with van der Waals surface area (Å²) in [6.07, 6.45) is 6.03. The van der Waals surface area contributed by atoms with E-state index in [2.05, 4.69) is 16.7 Å². The van der Waals surface area contributed by atoms with Crippen LogP contribution in [0.2, 0.25) is 5.02 Å². The fourth-order valence-corrected chi connectivity index (χ4v) is 6.46. The van der Waals surface area contributed by atoms with Gasteiger partial charge in [-0.15, -0.1) is 0 Å². The summed E-state index contributed by atoms with van der Waals surface area (Å²) in [7, 11) is 5.40. The number of hydrogen-bond donors (Lipinski definition) is 2. The van der Waals surface area contributed by atoms with E-state index < -0.39 is 11.7 Å². The SMILES string of the molecule is COc1cc(C(=O)N2CC[C@@]3(CC/C(=C\C(=O)NCCN(C)C)C3)Cc3ccccc32)ccc1NC(=O)c1cc(F)ccc1Cl. The molecule has 1 saturated carbocycles. The van der Waals surface area contributed by atoms with Crippen LogP contribution in [0.25, 0.3) is 0 Å². The lowest BCUT2D eigenvalue weighted by Crippen LogP contribution is -2.33. The maximum atomic E-state index is 14.0. The molecule has 0 radical (unpaired) electrons. The molecular weight excluding hydrogens is 595 g/mol. The standard InChI is InChI=1S/C35H38ClFN4O4/c1-40(2)17-15-38-32(42)18-23-12-13-35(21-23)14-16-41(30-7-5-4-6-25(30)22-35)34(44)24-8-11-29(31(19-24)45-3)39-33(43)27-20-26(37)9-10-28(27)36/h4-11,18-20H,12-17,21-22H2,1-3H3,(H,38,42)(H,39,43)/b23-18+/t35-/m1/s1. The average Bonchev–Trinajstić information content (AvgIpc) is 3.32. The highest BCUT2D eigenvalue weighted by atomic mass is 35.5. The molecule has 0 saturated heterocycles. The molecule has 1 aliphatic carbocycles. The third kappa shape index (κ3) is 7.54. The van der Waals surface area contributed by atoms with Crippen LogP contribution in [0.15, 0.2) is 72.3 Å². The number of hydrogen-bond acceptors (Lipinski definition) is 5. The third-order valence-electron chi connectivity index (χ3n) is 8.60. The molecule has 2 aliphatic rings. The largest absolute Gasteiger partial charge is 0.495 e. The highest BCUT2D eigenvalue weighted by Gasteiger charge is 2.40. The van der Waals surface area contributed by atoms with Crippen molar-refractivity contribution in [3.63, 3.8) is 0 Å². The van der Waals surface area contributed by atoms with Crippen molar-refractivity contribution >= 4 is 40.7 Å². The van der Waals surface area contributed by atoms with Crippen molar-refractivity contribution in [2.45, 2.75) is 32.1 Å². The Morgan fingerprint density at radius 3 is 2.64 bits per heavy atom. The van der Waals surface area contributed by atoms with Crippen molar-refractivity contribution < 1.29 is 23.5 Å². The molecule has 1 spiro atoms. The number of allylic oxidation sites excluding steroid dienone is 1. The fourth-order valence-electron chi connectivity index (χ4n) is 6.25. The summed E-state index contributed by atoms with van der Waals surface area (Å²) in [6.45, 7) is 1.91. The molecule has 3 amide bonds. The number of carbonyl (C=O) groups excluding carboxylic acids is 3. The molecule has 1 atom stereocenters. The summed E-state index contributed by atoms with van der Waals surface area (Å²) < 4.78 is 19.3. The van der Waals surface area contributed by atoms with Gasteiger partial charge in [-0.3, -0.25) is 14.4 Å². The molecule has 0 unspecified atom stereocenters. The number of amides is 3. The second kappa shape index (κ2) is 13.8. The number of rotatable bonds is 8. The van der Waals surface area contributed by atoms with Crippen molar-refractivity contribution in [1.29, 1.82) is 0 Å². The number of halogens is 2. The van der Waals surface area contributed by atoms with Crippen LogP contribution >= 0.6 is 11.6 Å². The minimum absolute atomic E-state index is 0.0103. The summed E-state index contributed by atoms with van der Waals surface area (Å²) >= 11 is 6.11. The van der Waals surface area contributed by atoms with E-state index in [-0.39, 0.29) is 33.6 Å². The molecule has 45 heavy (non-hydrogen) atoms. The van der Waals surface area contributed by atoms with Crippen LogP contribution < -0.4 is 20.3 Å². The number of anilines is 2. The molecule has 1 aliphatic heterocycles. The lowest BCUT2D eigenvalue weighted by atomic mass is 9.77. The smallest absolute Gasteiger partial charge is 0.258 e. The van der Waals surface area contributed by atoms with Crippen molar-refractivity contribution in [3.05, 3.63) is 99.8 Å². The Labute approximate surface area is 268 Å². The van der Waals surface area contributed by atoms with Gasteiger partial charge in [0.25, 0.3) is 11.8 Å². The van der Waals surface area contributed by atoms with Gasteiger partial charge in [0.15, 0.2) is 0 Å². The van der Waals surface area contributed by atoms with Crippen LogP contribution in [-0.4, -0.2) is 63.5 Å². The first-order valence-corrected chi connectivity index (χ1v) is 15.4. The molecule has 1 fully saturated rings. The van der Waals surface area contributed by atoms with Gasteiger partial charge in [0.2, 0.25) is 5.91 Å². The van der Waals surface area contributed by atoms with E-state index in [1.54, 1.807) is 24.3 Å². The number of ether oxygens (including phenoxy) is 1. The summed E-state index contributed by atoms with van der Waals surface area (Å²) in [5.41, 5.74) is 3.80. The van der Waals surface area contributed by atoms with Gasteiger partial charge in [0.05, 0.1) is 23.4 Å². The summed E-state index contributed by atoms with van der Waals surface area (Å²) in [5.74, 6) is -1.13. The lowest BCUT2D eigenvalue weighted by molar-refractivity contribution is -0.116. The first kappa shape index (κ1) is 32.2. The Morgan fingerprint density at radius 1 is 1.07 bits per heavy atom. The first-order chi connectivity index (χ1) is 21.6. The van der Waals surface area contributed by atoms with Crippen LogP contribution in [0.3, 0.4) is 0 Å². The van der Waals surface area contributed by atoms with E-state index in [4.69, 9.17) is 16.3 Å². The molecular formula is C35H38ClFN4O4. The molecule has 2 N–H and O–H groups in total. The number of likely N-dealkylation sites (N-methyl/N-ethyl adjacent to an activating group) is 1. The van der Waals surface area contributed by atoms with Gasteiger partial charge >= 0.3 is 0 Å². The predicted octanol–water partition coefficient (Wildman–Crippen LogP) is 6.11. The van der Waals surface area contributed by atoms with Gasteiger partial charge in [0, 0.05) is 37.0 Å². The normalized spacial score (nSPS) is 18.5. The highest BCUT2D eigenvalue weighted by molar-refractivity contribution is 6.34. The van der Waals surface area contributed by atoms with E-state index in [9.17, 15) is 18.8 Å². The first-order valence-electron chi connectivity index (χ1n) is 15.0. The number of nitrogens with zero attached hydrogens (tertiary/aromatic N) is 2. The van der Waals surface area contributed by atoms with Gasteiger partial charge < -0.3 is 25.2 Å². The third-order valence-corrected chi connectivity index (χ3v) is 8.93. The van der Waals surface area contributed by atoms with E-state index >= 15 is 0 Å². The second-order valence-corrected chi connectivity index (χ2v) is 12.5. The fraction of sp³-hybridized carbons (Fsp3) is 0.343. The Bertz CT molecular complexity index is 1640. The van der Waals surface area contributed by atoms with E-state index in [1.807, 2.05) is 42.1 Å². The maximum Gasteiger partial charge on any atom is 0.258 e. The molecule has 0 aromatic heterocycles.